The zero-order valence-corrected chi connectivity index (χ0v) is 19.6. The summed E-state index contributed by atoms with van der Waals surface area (Å²) >= 11 is 8.14. The van der Waals surface area contributed by atoms with E-state index in [-0.39, 0.29) is 6.61 Å². The topological polar surface area (TPSA) is 55.5 Å². The molecular weight excluding hydrogens is 414 g/mol. The van der Waals surface area contributed by atoms with Gasteiger partial charge in [-0.05, 0) is 74.6 Å². The van der Waals surface area contributed by atoms with Crippen molar-refractivity contribution in [3.05, 3.63) is 76.9 Å². The molecular formula is C25H32ClNO2S. The van der Waals surface area contributed by atoms with E-state index in [1.54, 1.807) is 11.8 Å². The lowest BCUT2D eigenvalue weighted by Gasteiger charge is -2.21. The van der Waals surface area contributed by atoms with Crippen LogP contribution >= 0.6 is 23.4 Å². The Balaban J connectivity index is 2.02. The molecule has 0 bridgehead atoms. The highest BCUT2D eigenvalue weighted by atomic mass is 35.5. The van der Waals surface area contributed by atoms with Gasteiger partial charge in [-0.2, -0.15) is 0 Å². The maximum absolute atomic E-state index is 9.32. The molecule has 2 aromatic rings. The molecule has 30 heavy (non-hydrogen) atoms. The Bertz CT molecular complexity index is 877. The molecule has 0 aliphatic rings. The number of hydrogen-bond acceptors (Lipinski definition) is 4. The fourth-order valence-electron chi connectivity index (χ4n) is 2.88. The highest BCUT2D eigenvalue weighted by Crippen LogP contribution is 2.33. The molecule has 1 atom stereocenters. The number of rotatable bonds is 11. The van der Waals surface area contributed by atoms with Crippen molar-refractivity contribution in [2.75, 3.05) is 13.2 Å². The number of allylic oxidation sites excluding steroid dienone is 2. The molecule has 0 saturated carbocycles. The molecule has 0 spiro atoms. The first-order valence-electron chi connectivity index (χ1n) is 10.3. The summed E-state index contributed by atoms with van der Waals surface area (Å²) < 4.78 is 5.98. The average molecular weight is 446 g/mol. The molecule has 2 rings (SSSR count). The summed E-state index contributed by atoms with van der Waals surface area (Å²) in [6, 6.07) is 14.2. The quantitative estimate of drug-likeness (QED) is 0.391. The summed E-state index contributed by atoms with van der Waals surface area (Å²) in [5.74, 6) is 0.848. The monoisotopic (exact) mass is 445 g/mol. The summed E-state index contributed by atoms with van der Waals surface area (Å²) in [5, 5.41) is 10.0. The highest BCUT2D eigenvalue weighted by molar-refractivity contribution is 7.99. The molecule has 0 aromatic heterocycles. The van der Waals surface area contributed by atoms with Crippen LogP contribution in [-0.2, 0) is 6.42 Å². The molecule has 0 aliphatic carbocycles. The number of aryl methyl sites for hydroxylation is 1. The fourth-order valence-corrected chi connectivity index (χ4v) is 4.12. The van der Waals surface area contributed by atoms with Gasteiger partial charge in [0.25, 0.3) is 0 Å². The minimum atomic E-state index is -0.587. The van der Waals surface area contributed by atoms with Crippen LogP contribution in [0.4, 0.5) is 0 Å². The van der Waals surface area contributed by atoms with Crippen molar-refractivity contribution in [2.45, 2.75) is 55.4 Å². The Labute approximate surface area is 190 Å². The Morgan fingerprint density at radius 3 is 2.67 bits per heavy atom. The minimum Gasteiger partial charge on any atom is -0.489 e. The maximum atomic E-state index is 9.32. The molecule has 0 saturated heterocycles. The summed E-state index contributed by atoms with van der Waals surface area (Å²) in [4.78, 5) is 2.16. The first-order chi connectivity index (χ1) is 14.4. The third-order valence-electron chi connectivity index (χ3n) is 4.64. The Hall–Kier alpha value is -1.72. The zero-order chi connectivity index (χ0) is 22.0. The lowest BCUT2D eigenvalue weighted by atomic mass is 9.95. The van der Waals surface area contributed by atoms with Crippen molar-refractivity contribution < 1.29 is 9.84 Å². The van der Waals surface area contributed by atoms with Crippen molar-refractivity contribution in [3.63, 3.8) is 0 Å². The summed E-state index contributed by atoms with van der Waals surface area (Å²) in [5.41, 5.74) is 7.65. The van der Waals surface area contributed by atoms with Crippen LogP contribution < -0.4 is 10.5 Å². The number of aliphatic hydroxyl groups is 1. The van der Waals surface area contributed by atoms with Crippen LogP contribution in [0.3, 0.4) is 0 Å². The summed E-state index contributed by atoms with van der Waals surface area (Å²) in [7, 11) is 0. The van der Waals surface area contributed by atoms with Crippen molar-refractivity contribution in [1.82, 2.24) is 0 Å². The number of nitrogens with two attached hydrogens (primary N) is 1. The molecule has 162 valence electrons. The van der Waals surface area contributed by atoms with E-state index in [2.05, 4.69) is 31.2 Å². The van der Waals surface area contributed by atoms with E-state index in [1.165, 1.54) is 5.57 Å². The third-order valence-corrected chi connectivity index (χ3v) is 5.98. The lowest BCUT2D eigenvalue weighted by molar-refractivity contribution is 0.200. The van der Waals surface area contributed by atoms with Crippen LogP contribution in [0.5, 0.6) is 5.75 Å². The molecule has 1 unspecified atom stereocenters. The van der Waals surface area contributed by atoms with Gasteiger partial charge in [-0.15, -0.1) is 0 Å². The number of ether oxygens (including phenoxy) is 1. The Morgan fingerprint density at radius 2 is 2.00 bits per heavy atom. The van der Waals surface area contributed by atoms with Crippen LogP contribution in [0.15, 0.2) is 76.1 Å². The standard InChI is InChI=1S/C25H32ClNO2S/c1-4-7-19(8-5-2)17-29-21-9-6-10-22(15-21)30-23-12-11-20(24(26)16-23)13-14-25(3,27)18-28/h4,6-12,15-16,28H,5,13-14,17-18,27H2,1-3H3/b7-4-,19-8+. The van der Waals surface area contributed by atoms with Crippen LogP contribution in [0.2, 0.25) is 5.02 Å². The number of hydrogen-bond donors (Lipinski definition) is 2. The van der Waals surface area contributed by atoms with Gasteiger partial charge < -0.3 is 15.6 Å². The normalized spacial score (nSPS) is 14.1. The van der Waals surface area contributed by atoms with Gasteiger partial charge in [-0.25, -0.2) is 0 Å². The predicted molar refractivity (Wildman–Crippen MR) is 129 cm³/mol. The van der Waals surface area contributed by atoms with Crippen molar-refractivity contribution in [3.8, 4) is 5.75 Å². The van der Waals surface area contributed by atoms with Crippen molar-refractivity contribution in [2.24, 2.45) is 5.73 Å². The number of halogens is 1. The highest BCUT2D eigenvalue weighted by Gasteiger charge is 2.17. The molecule has 3 nitrogen and oxygen atoms in total. The van der Waals surface area contributed by atoms with Gasteiger partial charge in [0.15, 0.2) is 0 Å². The van der Waals surface area contributed by atoms with E-state index in [9.17, 15) is 5.11 Å². The van der Waals surface area contributed by atoms with Crippen LogP contribution in [0.1, 0.15) is 39.2 Å². The Kier molecular flexibility index (Phi) is 9.99. The molecule has 0 fully saturated rings. The van der Waals surface area contributed by atoms with E-state index < -0.39 is 5.54 Å². The minimum absolute atomic E-state index is 0.0403. The average Bonchev–Trinajstić information content (AvgIpc) is 2.72. The smallest absolute Gasteiger partial charge is 0.120 e. The molecule has 5 heteroatoms. The molecule has 0 heterocycles. The van der Waals surface area contributed by atoms with E-state index >= 15 is 0 Å². The van der Waals surface area contributed by atoms with E-state index in [0.29, 0.717) is 13.0 Å². The van der Waals surface area contributed by atoms with Crippen LogP contribution in [0, 0.1) is 0 Å². The van der Waals surface area contributed by atoms with Gasteiger partial charge in [0.2, 0.25) is 0 Å². The Morgan fingerprint density at radius 1 is 1.23 bits per heavy atom. The van der Waals surface area contributed by atoms with Gasteiger partial charge in [0, 0.05) is 20.4 Å². The first-order valence-corrected chi connectivity index (χ1v) is 11.5. The fraction of sp³-hybridized carbons (Fsp3) is 0.360. The zero-order valence-electron chi connectivity index (χ0n) is 18.0. The largest absolute Gasteiger partial charge is 0.489 e. The predicted octanol–water partition coefficient (Wildman–Crippen LogP) is 6.42. The number of benzene rings is 2. The van der Waals surface area contributed by atoms with Gasteiger partial charge in [0.1, 0.15) is 12.4 Å². The van der Waals surface area contributed by atoms with E-state index in [1.807, 2.05) is 50.3 Å². The van der Waals surface area contributed by atoms with Gasteiger partial charge in [-0.1, -0.05) is 60.6 Å². The third kappa shape index (κ3) is 8.19. The maximum Gasteiger partial charge on any atom is 0.120 e. The van der Waals surface area contributed by atoms with Gasteiger partial charge in [-0.3, -0.25) is 0 Å². The number of aliphatic hydroxyl groups excluding tert-OH is 1. The SMILES string of the molecule is C/C=C\C(=C/CC)COc1cccc(Sc2ccc(CCC(C)(N)CO)c(Cl)c2)c1. The van der Waals surface area contributed by atoms with E-state index in [4.69, 9.17) is 22.1 Å². The van der Waals surface area contributed by atoms with Gasteiger partial charge >= 0.3 is 0 Å². The second-order valence-electron chi connectivity index (χ2n) is 7.62. The summed E-state index contributed by atoms with van der Waals surface area (Å²) in [6.45, 7) is 6.50. The second kappa shape index (κ2) is 12.2. The van der Waals surface area contributed by atoms with Crippen LogP contribution in [0.25, 0.3) is 0 Å². The van der Waals surface area contributed by atoms with Crippen molar-refractivity contribution >= 4 is 23.4 Å². The molecule has 0 radical (unpaired) electrons. The van der Waals surface area contributed by atoms with E-state index in [0.717, 1.165) is 39.0 Å². The summed E-state index contributed by atoms with van der Waals surface area (Å²) in [6.07, 6.45) is 8.69. The lowest BCUT2D eigenvalue weighted by Crippen LogP contribution is -2.40. The first kappa shape index (κ1) is 24.5. The molecule has 0 aliphatic heterocycles. The molecule has 3 N–H and O–H groups in total. The van der Waals surface area contributed by atoms with Gasteiger partial charge in [0.05, 0.1) is 6.61 Å². The second-order valence-corrected chi connectivity index (χ2v) is 9.17. The molecule has 2 aromatic carbocycles. The molecule has 0 amide bonds. The van der Waals surface area contributed by atoms with Crippen molar-refractivity contribution in [1.29, 1.82) is 0 Å². The van der Waals surface area contributed by atoms with Crippen LogP contribution in [-0.4, -0.2) is 23.9 Å².